The SMILES string of the molecule is CCSc1ncc2c(SC)ncnc2n1. The van der Waals surface area contributed by atoms with Gasteiger partial charge in [0.15, 0.2) is 10.8 Å². The standard InChI is InChI=1S/C9H10N4S2/c1-3-15-9-10-4-6-7(13-9)11-5-12-8(6)14-2/h4-5H,3H2,1-2H3. The van der Waals surface area contributed by atoms with Gasteiger partial charge in [-0.15, -0.1) is 11.8 Å². The topological polar surface area (TPSA) is 51.6 Å². The van der Waals surface area contributed by atoms with Crippen LogP contribution in [0.15, 0.2) is 22.7 Å². The van der Waals surface area contributed by atoms with Gasteiger partial charge in [0.05, 0.1) is 5.39 Å². The van der Waals surface area contributed by atoms with Crippen LogP contribution in [-0.4, -0.2) is 31.9 Å². The van der Waals surface area contributed by atoms with Crippen molar-refractivity contribution in [3.05, 3.63) is 12.5 Å². The van der Waals surface area contributed by atoms with Crippen LogP contribution in [0.1, 0.15) is 6.92 Å². The first-order valence-electron chi connectivity index (χ1n) is 4.49. The van der Waals surface area contributed by atoms with E-state index in [0.29, 0.717) is 0 Å². The fourth-order valence-corrected chi connectivity index (χ4v) is 2.23. The minimum absolute atomic E-state index is 0.723. The van der Waals surface area contributed by atoms with E-state index in [1.54, 1.807) is 36.0 Å². The Morgan fingerprint density at radius 3 is 2.87 bits per heavy atom. The van der Waals surface area contributed by atoms with Crippen LogP contribution < -0.4 is 0 Å². The highest BCUT2D eigenvalue weighted by atomic mass is 32.2. The van der Waals surface area contributed by atoms with Gasteiger partial charge in [-0.25, -0.2) is 19.9 Å². The summed E-state index contributed by atoms with van der Waals surface area (Å²) in [6.07, 6.45) is 5.32. The second kappa shape index (κ2) is 4.76. The van der Waals surface area contributed by atoms with E-state index in [2.05, 4.69) is 26.9 Å². The van der Waals surface area contributed by atoms with Gasteiger partial charge in [-0.3, -0.25) is 0 Å². The normalized spacial score (nSPS) is 10.8. The lowest BCUT2D eigenvalue weighted by atomic mass is 10.4. The number of fused-ring (bicyclic) bond motifs is 1. The minimum atomic E-state index is 0.723. The summed E-state index contributed by atoms with van der Waals surface area (Å²) in [6.45, 7) is 2.07. The Kier molecular flexibility index (Phi) is 3.37. The summed E-state index contributed by atoms with van der Waals surface area (Å²) in [6, 6.07) is 0. The zero-order valence-corrected chi connectivity index (χ0v) is 10.1. The highest BCUT2D eigenvalue weighted by Gasteiger charge is 2.05. The molecule has 0 fully saturated rings. The van der Waals surface area contributed by atoms with Crippen LogP contribution in [0.25, 0.3) is 11.0 Å². The van der Waals surface area contributed by atoms with E-state index in [1.807, 2.05) is 6.26 Å². The van der Waals surface area contributed by atoms with E-state index in [9.17, 15) is 0 Å². The van der Waals surface area contributed by atoms with Crippen molar-refractivity contribution >= 4 is 34.6 Å². The molecule has 0 amide bonds. The van der Waals surface area contributed by atoms with Crippen LogP contribution in [-0.2, 0) is 0 Å². The third-order valence-corrected chi connectivity index (χ3v) is 3.25. The fraction of sp³-hybridized carbons (Fsp3) is 0.333. The van der Waals surface area contributed by atoms with E-state index < -0.39 is 0 Å². The second-order valence-corrected chi connectivity index (χ2v) is 4.73. The Hall–Kier alpha value is -0.880. The van der Waals surface area contributed by atoms with Crippen LogP contribution in [0.3, 0.4) is 0 Å². The van der Waals surface area contributed by atoms with Crippen LogP contribution in [0.4, 0.5) is 0 Å². The van der Waals surface area contributed by atoms with Crippen molar-refractivity contribution in [1.82, 2.24) is 19.9 Å². The van der Waals surface area contributed by atoms with Crippen molar-refractivity contribution in [3.8, 4) is 0 Å². The van der Waals surface area contributed by atoms with Crippen LogP contribution in [0.2, 0.25) is 0 Å². The Morgan fingerprint density at radius 1 is 1.27 bits per heavy atom. The Labute approximate surface area is 96.3 Å². The van der Waals surface area contributed by atoms with Gasteiger partial charge in [-0.05, 0) is 12.0 Å². The number of nitrogens with zero attached hydrogens (tertiary/aromatic N) is 4. The molecule has 0 saturated carbocycles. The molecule has 0 unspecified atom stereocenters. The largest absolute Gasteiger partial charge is 0.230 e. The molecule has 0 aliphatic rings. The maximum atomic E-state index is 4.36. The van der Waals surface area contributed by atoms with Crippen molar-refractivity contribution in [2.24, 2.45) is 0 Å². The molecule has 6 heteroatoms. The summed E-state index contributed by atoms with van der Waals surface area (Å²) < 4.78 is 0. The van der Waals surface area contributed by atoms with Crippen LogP contribution in [0.5, 0.6) is 0 Å². The second-order valence-electron chi connectivity index (χ2n) is 2.71. The van der Waals surface area contributed by atoms with Gasteiger partial charge in [-0.2, -0.15) is 0 Å². The Balaban J connectivity index is 2.53. The molecule has 0 bridgehead atoms. The summed E-state index contributed by atoms with van der Waals surface area (Å²) in [4.78, 5) is 16.9. The van der Waals surface area contributed by atoms with Gasteiger partial charge in [0.2, 0.25) is 0 Å². The molecule has 0 aliphatic carbocycles. The van der Waals surface area contributed by atoms with E-state index >= 15 is 0 Å². The quantitative estimate of drug-likeness (QED) is 0.464. The molecule has 78 valence electrons. The summed E-state index contributed by atoms with van der Waals surface area (Å²) in [5.74, 6) is 0.964. The molecular weight excluding hydrogens is 228 g/mol. The van der Waals surface area contributed by atoms with E-state index in [-0.39, 0.29) is 0 Å². The van der Waals surface area contributed by atoms with E-state index in [4.69, 9.17) is 0 Å². The summed E-state index contributed by atoms with van der Waals surface area (Å²) >= 11 is 3.19. The summed E-state index contributed by atoms with van der Waals surface area (Å²) in [5, 5.41) is 2.62. The van der Waals surface area contributed by atoms with Crippen molar-refractivity contribution in [1.29, 1.82) is 0 Å². The highest BCUT2D eigenvalue weighted by molar-refractivity contribution is 7.99. The maximum Gasteiger partial charge on any atom is 0.189 e. The molecule has 2 aromatic heterocycles. The van der Waals surface area contributed by atoms with E-state index in [0.717, 1.165) is 27.0 Å². The van der Waals surface area contributed by atoms with Gasteiger partial charge >= 0.3 is 0 Å². The smallest absolute Gasteiger partial charge is 0.189 e. The first-order chi connectivity index (χ1) is 7.35. The van der Waals surface area contributed by atoms with Crippen LogP contribution in [0, 0.1) is 0 Å². The first-order valence-corrected chi connectivity index (χ1v) is 6.70. The molecule has 0 N–H and O–H groups in total. The summed E-state index contributed by atoms with van der Waals surface area (Å²) in [7, 11) is 0. The molecule has 0 radical (unpaired) electrons. The van der Waals surface area contributed by atoms with Gasteiger partial charge in [0, 0.05) is 6.20 Å². The molecule has 0 saturated heterocycles. The monoisotopic (exact) mass is 238 g/mol. The van der Waals surface area contributed by atoms with Gasteiger partial charge < -0.3 is 0 Å². The third-order valence-electron chi connectivity index (χ3n) is 1.80. The minimum Gasteiger partial charge on any atom is -0.230 e. The van der Waals surface area contributed by atoms with Crippen molar-refractivity contribution in [2.75, 3.05) is 12.0 Å². The molecule has 4 nitrogen and oxygen atoms in total. The van der Waals surface area contributed by atoms with Crippen molar-refractivity contribution < 1.29 is 0 Å². The molecule has 2 rings (SSSR count). The first kappa shape index (κ1) is 10.6. The number of aromatic nitrogens is 4. The predicted octanol–water partition coefficient (Wildman–Crippen LogP) is 2.25. The van der Waals surface area contributed by atoms with Crippen molar-refractivity contribution in [3.63, 3.8) is 0 Å². The van der Waals surface area contributed by atoms with Gasteiger partial charge in [0.25, 0.3) is 0 Å². The predicted molar refractivity (Wildman–Crippen MR) is 63.3 cm³/mol. The molecule has 0 aliphatic heterocycles. The number of hydrogen-bond donors (Lipinski definition) is 0. The average Bonchev–Trinajstić information content (AvgIpc) is 2.28. The molecular formula is C9H10N4S2. The lowest BCUT2D eigenvalue weighted by Crippen LogP contribution is -1.93. The zero-order valence-electron chi connectivity index (χ0n) is 8.47. The average molecular weight is 238 g/mol. The zero-order chi connectivity index (χ0) is 10.7. The van der Waals surface area contributed by atoms with E-state index in [1.165, 1.54) is 0 Å². The highest BCUT2D eigenvalue weighted by Crippen LogP contribution is 2.22. The summed E-state index contributed by atoms with van der Waals surface area (Å²) in [5.41, 5.74) is 0.723. The molecule has 2 heterocycles. The lowest BCUT2D eigenvalue weighted by Gasteiger charge is -2.01. The van der Waals surface area contributed by atoms with Gasteiger partial charge in [-0.1, -0.05) is 18.7 Å². The molecule has 0 spiro atoms. The Morgan fingerprint density at radius 2 is 2.13 bits per heavy atom. The van der Waals surface area contributed by atoms with Gasteiger partial charge in [0.1, 0.15) is 11.4 Å². The fourth-order valence-electron chi connectivity index (χ4n) is 1.17. The number of rotatable bonds is 3. The number of hydrogen-bond acceptors (Lipinski definition) is 6. The van der Waals surface area contributed by atoms with Crippen LogP contribution >= 0.6 is 23.5 Å². The molecule has 0 aromatic carbocycles. The molecule has 15 heavy (non-hydrogen) atoms. The number of thioether (sulfide) groups is 2. The molecule has 2 aromatic rings. The maximum absolute atomic E-state index is 4.36. The lowest BCUT2D eigenvalue weighted by molar-refractivity contribution is 0.964. The molecule has 0 atom stereocenters. The third kappa shape index (κ3) is 2.21. The van der Waals surface area contributed by atoms with Crippen molar-refractivity contribution in [2.45, 2.75) is 17.1 Å². The Bertz CT molecular complexity index is 475.